The maximum absolute atomic E-state index is 14.1. The van der Waals surface area contributed by atoms with E-state index in [0.717, 1.165) is 0 Å². The quantitative estimate of drug-likeness (QED) is 0.144. The molecule has 4 amide bonds. The van der Waals surface area contributed by atoms with Crippen LogP contribution in [-0.4, -0.2) is 62.6 Å². The van der Waals surface area contributed by atoms with E-state index < -0.39 is 23.7 Å². The summed E-state index contributed by atoms with van der Waals surface area (Å²) in [6.07, 6.45) is 3.28. The van der Waals surface area contributed by atoms with E-state index in [1.807, 2.05) is 6.07 Å². The fourth-order valence-corrected chi connectivity index (χ4v) is 8.36. The van der Waals surface area contributed by atoms with Crippen LogP contribution < -0.4 is 9.47 Å². The third-order valence-corrected chi connectivity index (χ3v) is 11.1. The molecule has 294 valence electrons. The predicted octanol–water partition coefficient (Wildman–Crippen LogP) is 9.30. The molecule has 4 aromatic carbocycles. The molecule has 0 spiro atoms. The summed E-state index contributed by atoms with van der Waals surface area (Å²) in [5, 5.41) is 0.993. The number of ether oxygens (including phenoxy) is 2. The molecule has 0 N–H and O–H groups in total. The van der Waals surface area contributed by atoms with E-state index in [9.17, 15) is 28.0 Å². The molecule has 0 aliphatic carbocycles. The molecule has 5 heterocycles. The van der Waals surface area contributed by atoms with Crippen molar-refractivity contribution in [3.05, 3.63) is 159 Å². The van der Waals surface area contributed by atoms with Gasteiger partial charge in [0, 0.05) is 34.3 Å². The van der Waals surface area contributed by atoms with Crippen molar-refractivity contribution in [1.82, 2.24) is 24.8 Å². The fraction of sp³-hybridized carbons (Fsp3) is 0.133. The van der Waals surface area contributed by atoms with Crippen LogP contribution in [0.2, 0.25) is 0 Å². The number of fused-ring (bicyclic) bond motifs is 4. The number of carbonyl (C=O) groups excluding carboxylic acids is 4. The van der Waals surface area contributed by atoms with Crippen molar-refractivity contribution < 1.29 is 37.4 Å². The zero-order valence-electron chi connectivity index (χ0n) is 31.9. The molecule has 2 aliphatic rings. The predicted molar refractivity (Wildman–Crippen MR) is 218 cm³/mol. The Morgan fingerprint density at radius 1 is 0.593 bits per heavy atom. The van der Waals surface area contributed by atoms with Gasteiger partial charge < -0.3 is 9.47 Å². The van der Waals surface area contributed by atoms with Gasteiger partial charge in [-0.15, -0.1) is 0 Å². The monoisotopic (exact) mass is 855 g/mol. The Labute approximate surface area is 344 Å². The molecule has 0 saturated carbocycles. The molecule has 7 aromatic rings. The van der Waals surface area contributed by atoms with Crippen LogP contribution in [0.5, 0.6) is 11.5 Å². The Bertz CT molecular complexity index is 2820. The van der Waals surface area contributed by atoms with E-state index >= 15 is 0 Å². The third kappa shape index (κ3) is 6.55. The van der Waals surface area contributed by atoms with Crippen molar-refractivity contribution in [1.29, 1.82) is 0 Å². The summed E-state index contributed by atoms with van der Waals surface area (Å²) >= 11 is 3.45. The zero-order valence-corrected chi connectivity index (χ0v) is 33.5. The van der Waals surface area contributed by atoms with Crippen LogP contribution in [0.15, 0.2) is 114 Å². The Hall–Kier alpha value is -6.93. The van der Waals surface area contributed by atoms with E-state index in [1.54, 1.807) is 86.9 Å². The Morgan fingerprint density at radius 3 is 1.47 bits per heavy atom. The van der Waals surface area contributed by atoms with Gasteiger partial charge in [-0.2, -0.15) is 0 Å². The highest BCUT2D eigenvalue weighted by atomic mass is 79.9. The summed E-state index contributed by atoms with van der Waals surface area (Å²) in [6, 6.07) is 24.1. The first-order chi connectivity index (χ1) is 28.4. The van der Waals surface area contributed by atoms with E-state index in [0.29, 0.717) is 82.5 Å². The minimum absolute atomic E-state index is 0.363. The molecule has 14 heteroatoms. The van der Waals surface area contributed by atoms with Gasteiger partial charge in [0.15, 0.2) is 0 Å². The number of hydrogen-bond donors (Lipinski definition) is 0. The Balaban J connectivity index is 0.000000167. The van der Waals surface area contributed by atoms with Crippen LogP contribution in [0.25, 0.3) is 32.9 Å². The van der Waals surface area contributed by atoms with E-state index in [2.05, 4.69) is 25.9 Å². The molecular weight excluding hydrogens is 824 g/mol. The summed E-state index contributed by atoms with van der Waals surface area (Å²) in [7, 11) is 2.97. The molecular formula is C45H32BrF2N5O6. The van der Waals surface area contributed by atoms with Crippen molar-refractivity contribution in [3.63, 3.8) is 0 Å². The van der Waals surface area contributed by atoms with Crippen LogP contribution in [-0.2, 0) is 0 Å². The zero-order chi connectivity index (χ0) is 41.7. The van der Waals surface area contributed by atoms with Crippen molar-refractivity contribution in [2.75, 3.05) is 14.2 Å². The molecule has 59 heavy (non-hydrogen) atoms. The normalized spacial score (nSPS) is 14.3. The van der Waals surface area contributed by atoms with Crippen LogP contribution in [0, 0.1) is 11.6 Å². The Kier molecular flexibility index (Phi) is 10.2. The summed E-state index contributed by atoms with van der Waals surface area (Å²) in [6.45, 7) is 3.47. The van der Waals surface area contributed by atoms with Gasteiger partial charge in [0.2, 0.25) is 0 Å². The minimum Gasteiger partial charge on any atom is -0.495 e. The van der Waals surface area contributed by atoms with Gasteiger partial charge in [0.1, 0.15) is 23.1 Å². The number of pyridine rings is 3. The van der Waals surface area contributed by atoms with Gasteiger partial charge in [-0.3, -0.25) is 34.0 Å². The van der Waals surface area contributed by atoms with E-state index in [-0.39, 0.29) is 23.6 Å². The first-order valence-corrected chi connectivity index (χ1v) is 19.1. The highest BCUT2D eigenvalue weighted by Crippen LogP contribution is 2.44. The second kappa shape index (κ2) is 15.4. The third-order valence-electron chi connectivity index (χ3n) is 10.4. The standard InChI is InChI=1S/C25H18FN3O3.C20H14BrFN2O3/c1-14(29-24(30)17-7-3-4-8-18(17)25(29)31)22-21(15-6-5-11-27-13-15)23(32-2)19-12-16(26)9-10-20(19)28-22;1-10(24-19(25)12-5-3-4-6-13(12)20(24)26)17-16(21)18(27-2)14-9-11(22)7-8-15(14)23-17/h3-14H,1-2H3;3-10H,1-2H3. The van der Waals surface area contributed by atoms with E-state index in [1.165, 1.54) is 54.4 Å². The number of rotatable bonds is 7. The van der Waals surface area contributed by atoms with Gasteiger partial charge in [-0.1, -0.05) is 30.3 Å². The molecule has 3 aromatic heterocycles. The fourth-order valence-electron chi connectivity index (χ4n) is 7.57. The first kappa shape index (κ1) is 38.9. The number of methoxy groups -OCH3 is 2. The molecule has 2 aliphatic heterocycles. The lowest BCUT2D eigenvalue weighted by molar-refractivity contribution is 0.0576. The largest absolute Gasteiger partial charge is 0.495 e. The van der Waals surface area contributed by atoms with Crippen molar-refractivity contribution in [3.8, 4) is 22.6 Å². The van der Waals surface area contributed by atoms with Crippen LogP contribution >= 0.6 is 15.9 Å². The number of hydrogen-bond acceptors (Lipinski definition) is 9. The average Bonchev–Trinajstić information content (AvgIpc) is 3.66. The smallest absolute Gasteiger partial charge is 0.262 e. The summed E-state index contributed by atoms with van der Waals surface area (Å²) < 4.78 is 39.3. The van der Waals surface area contributed by atoms with Crippen molar-refractivity contribution in [2.24, 2.45) is 0 Å². The first-order valence-electron chi connectivity index (χ1n) is 18.3. The van der Waals surface area contributed by atoms with Crippen molar-refractivity contribution in [2.45, 2.75) is 25.9 Å². The van der Waals surface area contributed by atoms with Crippen LogP contribution in [0.1, 0.15) is 78.8 Å². The van der Waals surface area contributed by atoms with Crippen molar-refractivity contribution >= 4 is 61.4 Å². The minimum atomic E-state index is -0.707. The number of benzene rings is 4. The maximum atomic E-state index is 14.1. The highest BCUT2D eigenvalue weighted by molar-refractivity contribution is 9.10. The van der Waals surface area contributed by atoms with Gasteiger partial charge in [0.25, 0.3) is 23.6 Å². The molecule has 0 bridgehead atoms. The molecule has 9 rings (SSSR count). The molecule has 0 saturated heterocycles. The second-order valence-corrected chi connectivity index (χ2v) is 14.5. The lowest BCUT2D eigenvalue weighted by atomic mass is 9.97. The lowest BCUT2D eigenvalue weighted by Crippen LogP contribution is -2.33. The summed E-state index contributed by atoms with van der Waals surface area (Å²) in [5.41, 5.74) is 4.64. The number of aromatic nitrogens is 3. The Morgan fingerprint density at radius 2 is 1.03 bits per heavy atom. The highest BCUT2D eigenvalue weighted by Gasteiger charge is 2.42. The molecule has 0 fully saturated rings. The summed E-state index contributed by atoms with van der Waals surface area (Å²) in [4.78, 5) is 67.7. The maximum Gasteiger partial charge on any atom is 0.262 e. The summed E-state index contributed by atoms with van der Waals surface area (Å²) in [5.74, 6) is -1.51. The number of imide groups is 2. The van der Waals surface area contributed by atoms with Gasteiger partial charge in [-0.25, -0.2) is 18.7 Å². The molecule has 2 atom stereocenters. The second-order valence-electron chi connectivity index (χ2n) is 13.7. The van der Waals surface area contributed by atoms with Gasteiger partial charge in [0.05, 0.1) is 75.5 Å². The number of nitrogens with zero attached hydrogens (tertiary/aromatic N) is 5. The molecule has 2 unspecified atom stereocenters. The van der Waals surface area contributed by atoms with Gasteiger partial charge >= 0.3 is 0 Å². The topological polar surface area (TPSA) is 132 Å². The number of halogens is 3. The van der Waals surface area contributed by atoms with Gasteiger partial charge in [-0.05, 0) is 96.5 Å². The average molecular weight is 857 g/mol. The van der Waals surface area contributed by atoms with Crippen LogP contribution in [0.4, 0.5) is 8.78 Å². The van der Waals surface area contributed by atoms with Crippen LogP contribution in [0.3, 0.4) is 0 Å². The lowest BCUT2D eigenvalue weighted by Gasteiger charge is -2.26. The SMILES string of the molecule is COc1c(-c2cccnc2)c(C(C)N2C(=O)c3ccccc3C2=O)nc2ccc(F)cc12.COc1c(Br)c(C(C)N2C(=O)c3ccccc3C2=O)nc2ccc(F)cc12. The van der Waals surface area contributed by atoms with E-state index in [4.69, 9.17) is 14.5 Å². The number of carbonyl (C=O) groups is 4. The number of amides is 4. The molecule has 0 radical (unpaired) electrons. The molecule has 11 nitrogen and oxygen atoms in total.